The summed E-state index contributed by atoms with van der Waals surface area (Å²) in [6.07, 6.45) is 1.55. The van der Waals surface area contributed by atoms with Gasteiger partial charge in [0, 0.05) is 19.3 Å². The van der Waals surface area contributed by atoms with Crippen LogP contribution < -0.4 is 10.5 Å². The zero-order valence-electron chi connectivity index (χ0n) is 16.6. The van der Waals surface area contributed by atoms with Crippen molar-refractivity contribution >= 4 is 17.6 Å². The maximum absolute atomic E-state index is 13.0. The Bertz CT molecular complexity index is 1120. The van der Waals surface area contributed by atoms with E-state index in [1.807, 2.05) is 31.2 Å². The smallest absolute Gasteiger partial charge is 0.339 e. The van der Waals surface area contributed by atoms with Crippen LogP contribution in [-0.2, 0) is 11.3 Å². The number of para-hydroxylation sites is 1. The van der Waals surface area contributed by atoms with Gasteiger partial charge < -0.3 is 14.2 Å². The van der Waals surface area contributed by atoms with Crippen molar-refractivity contribution in [2.75, 3.05) is 19.1 Å². The lowest BCUT2D eigenvalue weighted by Gasteiger charge is -2.20. The van der Waals surface area contributed by atoms with Gasteiger partial charge in [0.15, 0.2) is 0 Å². The van der Waals surface area contributed by atoms with Crippen LogP contribution in [0.25, 0.3) is 0 Å². The summed E-state index contributed by atoms with van der Waals surface area (Å²) in [4.78, 5) is 38.8. The van der Waals surface area contributed by atoms with E-state index < -0.39 is 5.97 Å². The second kappa shape index (κ2) is 8.56. The van der Waals surface area contributed by atoms with Gasteiger partial charge in [0.2, 0.25) is 0 Å². The van der Waals surface area contributed by atoms with Crippen molar-refractivity contribution in [1.82, 2.24) is 4.57 Å². The van der Waals surface area contributed by atoms with Crippen LogP contribution in [0.3, 0.4) is 0 Å². The lowest BCUT2D eigenvalue weighted by molar-refractivity contribution is 0.0601. The number of methoxy groups -OCH3 is 1. The first-order valence-corrected chi connectivity index (χ1v) is 9.12. The molecule has 0 saturated carbocycles. The molecule has 0 spiro atoms. The van der Waals surface area contributed by atoms with Crippen LogP contribution in [0.1, 0.15) is 31.8 Å². The van der Waals surface area contributed by atoms with Crippen LogP contribution >= 0.6 is 0 Å². The zero-order valence-corrected chi connectivity index (χ0v) is 16.6. The fourth-order valence-corrected chi connectivity index (χ4v) is 3.10. The van der Waals surface area contributed by atoms with Crippen molar-refractivity contribution < 1.29 is 14.3 Å². The number of nitrogens with zero attached hydrogens (tertiary/aromatic N) is 2. The van der Waals surface area contributed by atoms with Gasteiger partial charge in [-0.15, -0.1) is 0 Å². The third kappa shape index (κ3) is 4.27. The van der Waals surface area contributed by atoms with Crippen molar-refractivity contribution in [3.05, 3.63) is 99.5 Å². The van der Waals surface area contributed by atoms with Crippen LogP contribution in [0, 0.1) is 6.92 Å². The third-order valence-corrected chi connectivity index (χ3v) is 4.81. The summed E-state index contributed by atoms with van der Waals surface area (Å²) in [5.74, 6) is -0.857. The van der Waals surface area contributed by atoms with E-state index in [4.69, 9.17) is 4.74 Å². The monoisotopic (exact) mass is 390 g/mol. The van der Waals surface area contributed by atoms with E-state index in [2.05, 4.69) is 0 Å². The molecular formula is C23H22N2O4. The third-order valence-electron chi connectivity index (χ3n) is 4.81. The summed E-state index contributed by atoms with van der Waals surface area (Å²) >= 11 is 0. The molecule has 0 N–H and O–H groups in total. The van der Waals surface area contributed by atoms with Crippen LogP contribution in [0.5, 0.6) is 0 Å². The lowest BCUT2D eigenvalue weighted by atomic mass is 10.1. The fraction of sp³-hybridized carbons (Fsp3) is 0.174. The van der Waals surface area contributed by atoms with E-state index in [0.717, 1.165) is 11.1 Å². The quantitative estimate of drug-likeness (QED) is 0.627. The van der Waals surface area contributed by atoms with E-state index in [-0.39, 0.29) is 11.5 Å². The summed E-state index contributed by atoms with van der Waals surface area (Å²) in [6, 6.07) is 17.4. The summed E-state index contributed by atoms with van der Waals surface area (Å²) < 4.78 is 6.31. The number of pyridine rings is 1. The zero-order chi connectivity index (χ0) is 21.0. The summed E-state index contributed by atoms with van der Waals surface area (Å²) in [5.41, 5.74) is 2.95. The molecule has 0 atom stereocenters. The van der Waals surface area contributed by atoms with Gasteiger partial charge in [0.25, 0.3) is 11.5 Å². The first-order chi connectivity index (χ1) is 13.9. The van der Waals surface area contributed by atoms with Gasteiger partial charge in [0.05, 0.1) is 30.5 Å². The molecule has 29 heavy (non-hydrogen) atoms. The molecule has 148 valence electrons. The van der Waals surface area contributed by atoms with E-state index >= 15 is 0 Å². The Morgan fingerprint density at radius 1 is 1.00 bits per heavy atom. The first-order valence-electron chi connectivity index (χ1n) is 9.12. The van der Waals surface area contributed by atoms with Gasteiger partial charge in [-0.25, -0.2) is 4.79 Å². The second-order valence-corrected chi connectivity index (χ2v) is 6.68. The maximum atomic E-state index is 13.0. The van der Waals surface area contributed by atoms with Gasteiger partial charge in [-0.2, -0.15) is 0 Å². The van der Waals surface area contributed by atoms with E-state index in [0.29, 0.717) is 23.4 Å². The molecular weight excluding hydrogens is 368 g/mol. The van der Waals surface area contributed by atoms with Gasteiger partial charge in [-0.3, -0.25) is 9.59 Å². The molecule has 0 radical (unpaired) electrons. The molecule has 6 heteroatoms. The highest BCUT2D eigenvalue weighted by atomic mass is 16.5. The number of anilines is 1. The average molecular weight is 390 g/mol. The van der Waals surface area contributed by atoms with Gasteiger partial charge in [-0.05, 0) is 36.2 Å². The highest BCUT2D eigenvalue weighted by molar-refractivity contribution is 6.09. The standard InChI is InChI=1S/C23H22N2O4/c1-16-8-4-5-9-17(16)14-25-15-18(12-13-21(25)26)22(27)24(2)20-11-7-6-10-19(20)23(28)29-3/h4-13,15H,14H2,1-3H3. The number of rotatable bonds is 5. The Balaban J connectivity index is 1.94. The normalized spacial score (nSPS) is 10.4. The molecule has 2 aromatic carbocycles. The predicted octanol–water partition coefficient (Wildman–Crippen LogP) is 3.27. The molecule has 0 fully saturated rings. The fourth-order valence-electron chi connectivity index (χ4n) is 3.10. The number of aromatic nitrogens is 1. The van der Waals surface area contributed by atoms with Crippen molar-refractivity contribution in [2.24, 2.45) is 0 Å². The molecule has 0 unspecified atom stereocenters. The summed E-state index contributed by atoms with van der Waals surface area (Å²) in [7, 11) is 2.88. The molecule has 6 nitrogen and oxygen atoms in total. The van der Waals surface area contributed by atoms with Crippen LogP contribution in [0.4, 0.5) is 5.69 Å². The molecule has 0 aliphatic rings. The first kappa shape index (κ1) is 20.1. The van der Waals surface area contributed by atoms with E-state index in [1.165, 1.54) is 28.7 Å². The minimum Gasteiger partial charge on any atom is -0.465 e. The van der Waals surface area contributed by atoms with Gasteiger partial charge in [-0.1, -0.05) is 36.4 Å². The topological polar surface area (TPSA) is 68.6 Å². The molecule has 1 amide bonds. The summed E-state index contributed by atoms with van der Waals surface area (Å²) in [6.45, 7) is 2.35. The van der Waals surface area contributed by atoms with Crippen molar-refractivity contribution in [1.29, 1.82) is 0 Å². The number of carbonyl (C=O) groups is 2. The maximum Gasteiger partial charge on any atom is 0.339 e. The molecule has 3 rings (SSSR count). The van der Waals surface area contributed by atoms with Crippen LogP contribution in [0.15, 0.2) is 71.7 Å². The number of ether oxygens (including phenoxy) is 1. The molecule has 0 aliphatic carbocycles. The molecule has 0 aliphatic heterocycles. The Morgan fingerprint density at radius 2 is 1.69 bits per heavy atom. The average Bonchev–Trinajstić information content (AvgIpc) is 2.75. The van der Waals surface area contributed by atoms with Gasteiger partial charge >= 0.3 is 5.97 Å². The molecule has 0 saturated heterocycles. The van der Waals surface area contributed by atoms with Crippen LogP contribution in [-0.4, -0.2) is 30.6 Å². The number of aryl methyl sites for hydroxylation is 1. The van der Waals surface area contributed by atoms with Crippen molar-refractivity contribution in [2.45, 2.75) is 13.5 Å². The second-order valence-electron chi connectivity index (χ2n) is 6.68. The lowest BCUT2D eigenvalue weighted by Crippen LogP contribution is -2.30. The number of hydrogen-bond donors (Lipinski definition) is 0. The van der Waals surface area contributed by atoms with E-state index in [1.54, 1.807) is 37.5 Å². The number of amides is 1. The Labute approximate surface area is 169 Å². The Morgan fingerprint density at radius 3 is 2.41 bits per heavy atom. The SMILES string of the molecule is COC(=O)c1ccccc1N(C)C(=O)c1ccc(=O)n(Cc2ccccc2C)c1. The minimum absolute atomic E-state index is 0.192. The van der Waals surface area contributed by atoms with E-state index in [9.17, 15) is 14.4 Å². The highest BCUT2D eigenvalue weighted by Crippen LogP contribution is 2.22. The largest absolute Gasteiger partial charge is 0.465 e. The molecule has 1 heterocycles. The number of esters is 1. The molecule has 0 bridgehead atoms. The minimum atomic E-state index is -0.523. The summed E-state index contributed by atoms with van der Waals surface area (Å²) in [5, 5.41) is 0. The van der Waals surface area contributed by atoms with Crippen molar-refractivity contribution in [3.8, 4) is 0 Å². The number of carbonyl (C=O) groups excluding carboxylic acids is 2. The molecule has 3 aromatic rings. The Kier molecular flexibility index (Phi) is 5.93. The number of hydrogen-bond acceptors (Lipinski definition) is 4. The predicted molar refractivity (Wildman–Crippen MR) is 111 cm³/mol. The van der Waals surface area contributed by atoms with Crippen molar-refractivity contribution in [3.63, 3.8) is 0 Å². The number of benzene rings is 2. The molecule has 1 aromatic heterocycles. The Hall–Kier alpha value is -3.67. The highest BCUT2D eigenvalue weighted by Gasteiger charge is 2.20. The van der Waals surface area contributed by atoms with Gasteiger partial charge in [0.1, 0.15) is 0 Å². The van der Waals surface area contributed by atoms with Crippen LogP contribution in [0.2, 0.25) is 0 Å².